The highest BCUT2D eigenvalue weighted by atomic mass is 16.5. The van der Waals surface area contributed by atoms with Crippen molar-refractivity contribution in [2.45, 2.75) is 38.8 Å². The summed E-state index contributed by atoms with van der Waals surface area (Å²) in [6.45, 7) is 4.66. The molecule has 1 aromatic heterocycles. The fourth-order valence-corrected chi connectivity index (χ4v) is 3.86. The van der Waals surface area contributed by atoms with Crippen molar-refractivity contribution in [1.82, 2.24) is 20.4 Å². The molecule has 29 heavy (non-hydrogen) atoms. The van der Waals surface area contributed by atoms with E-state index in [1.807, 2.05) is 56.4 Å². The maximum absolute atomic E-state index is 12.8. The van der Waals surface area contributed by atoms with E-state index >= 15 is 0 Å². The van der Waals surface area contributed by atoms with E-state index in [9.17, 15) is 4.79 Å². The second-order valence-electron chi connectivity index (χ2n) is 7.23. The second kappa shape index (κ2) is 8.23. The van der Waals surface area contributed by atoms with E-state index in [1.54, 1.807) is 0 Å². The van der Waals surface area contributed by atoms with Gasteiger partial charge in [-0.2, -0.15) is 0 Å². The highest BCUT2D eigenvalue weighted by Crippen LogP contribution is 2.30. The summed E-state index contributed by atoms with van der Waals surface area (Å²) in [6.07, 6.45) is 1.51. The van der Waals surface area contributed by atoms with E-state index in [0.29, 0.717) is 13.0 Å². The third-order valence-electron chi connectivity index (χ3n) is 5.37. The van der Waals surface area contributed by atoms with Gasteiger partial charge in [-0.05, 0) is 37.6 Å². The number of aromatic nitrogens is 2. The average Bonchev–Trinajstić information content (AvgIpc) is 3.34. The van der Waals surface area contributed by atoms with Crippen LogP contribution >= 0.6 is 0 Å². The highest BCUT2D eigenvalue weighted by molar-refractivity contribution is 5.96. The molecule has 1 amide bonds. The number of amides is 1. The van der Waals surface area contributed by atoms with Crippen LogP contribution in [-0.4, -0.2) is 28.1 Å². The number of fused-ring (bicyclic) bond motifs is 1. The third-order valence-corrected chi connectivity index (χ3v) is 5.37. The van der Waals surface area contributed by atoms with Crippen LogP contribution in [0.2, 0.25) is 0 Å². The first-order valence-corrected chi connectivity index (χ1v) is 10.1. The molecule has 1 aliphatic rings. The number of nitrogens with zero attached hydrogens (tertiary/aromatic N) is 2. The summed E-state index contributed by atoms with van der Waals surface area (Å²) in [5, 5.41) is 3.01. The van der Waals surface area contributed by atoms with Gasteiger partial charge in [-0.15, -0.1) is 0 Å². The number of ether oxygens (including phenoxy) is 1. The van der Waals surface area contributed by atoms with Crippen molar-refractivity contribution in [3.63, 3.8) is 0 Å². The highest BCUT2D eigenvalue weighted by Gasteiger charge is 2.31. The SMILES string of the molecule is CCOc1ccccc1C1CC(C(=O)Nc2ccc3c(c2)nc(CC)n3C)NN1. The number of para-hydroxylation sites is 1. The van der Waals surface area contributed by atoms with Crippen LogP contribution in [0.15, 0.2) is 42.5 Å². The monoisotopic (exact) mass is 393 g/mol. The lowest BCUT2D eigenvalue weighted by atomic mass is 10.0. The number of nitrogens with one attached hydrogen (secondary N) is 3. The summed E-state index contributed by atoms with van der Waals surface area (Å²) in [6, 6.07) is 13.5. The van der Waals surface area contributed by atoms with Crippen LogP contribution in [0, 0.1) is 0 Å². The van der Waals surface area contributed by atoms with Gasteiger partial charge in [-0.1, -0.05) is 25.1 Å². The van der Waals surface area contributed by atoms with E-state index in [2.05, 4.69) is 32.6 Å². The Morgan fingerprint density at radius 3 is 2.86 bits per heavy atom. The molecule has 2 unspecified atom stereocenters. The first kappa shape index (κ1) is 19.4. The van der Waals surface area contributed by atoms with Crippen LogP contribution in [0.4, 0.5) is 5.69 Å². The first-order valence-electron chi connectivity index (χ1n) is 10.1. The number of carbonyl (C=O) groups is 1. The Balaban J connectivity index is 1.45. The van der Waals surface area contributed by atoms with Gasteiger partial charge in [0.2, 0.25) is 5.91 Å². The Labute approximate surface area is 170 Å². The van der Waals surface area contributed by atoms with Crippen LogP contribution in [0.25, 0.3) is 11.0 Å². The van der Waals surface area contributed by atoms with Gasteiger partial charge >= 0.3 is 0 Å². The number of anilines is 1. The minimum atomic E-state index is -0.333. The van der Waals surface area contributed by atoms with Crippen molar-refractivity contribution in [2.24, 2.45) is 7.05 Å². The van der Waals surface area contributed by atoms with Crippen molar-refractivity contribution in [1.29, 1.82) is 0 Å². The summed E-state index contributed by atoms with van der Waals surface area (Å²) < 4.78 is 7.81. The fraction of sp³-hybridized carbons (Fsp3) is 0.364. The van der Waals surface area contributed by atoms with Crippen molar-refractivity contribution in [2.75, 3.05) is 11.9 Å². The molecule has 2 heterocycles. The van der Waals surface area contributed by atoms with Gasteiger partial charge in [0.25, 0.3) is 0 Å². The zero-order valence-corrected chi connectivity index (χ0v) is 17.0. The Kier molecular flexibility index (Phi) is 5.51. The van der Waals surface area contributed by atoms with Crippen LogP contribution in [-0.2, 0) is 18.3 Å². The van der Waals surface area contributed by atoms with Gasteiger partial charge in [0, 0.05) is 24.7 Å². The van der Waals surface area contributed by atoms with Gasteiger partial charge in [0.15, 0.2) is 0 Å². The minimum absolute atomic E-state index is 0.0129. The Bertz CT molecular complexity index is 1030. The molecular formula is C22H27N5O2. The lowest BCUT2D eigenvalue weighted by Crippen LogP contribution is -2.39. The van der Waals surface area contributed by atoms with Crippen molar-refractivity contribution >= 4 is 22.6 Å². The third kappa shape index (κ3) is 3.83. The normalized spacial score (nSPS) is 18.9. The predicted molar refractivity (Wildman–Crippen MR) is 114 cm³/mol. The molecule has 0 saturated carbocycles. The number of hydrogen-bond acceptors (Lipinski definition) is 5. The number of rotatable bonds is 6. The fourth-order valence-electron chi connectivity index (χ4n) is 3.86. The molecule has 0 radical (unpaired) electrons. The van der Waals surface area contributed by atoms with Crippen LogP contribution in [0.1, 0.15) is 37.7 Å². The summed E-state index contributed by atoms with van der Waals surface area (Å²) >= 11 is 0. The Morgan fingerprint density at radius 1 is 1.24 bits per heavy atom. The van der Waals surface area contributed by atoms with Crippen LogP contribution < -0.4 is 20.9 Å². The Hall–Kier alpha value is -2.90. The van der Waals surface area contributed by atoms with E-state index in [-0.39, 0.29) is 18.0 Å². The van der Waals surface area contributed by atoms with E-state index in [4.69, 9.17) is 4.74 Å². The smallest absolute Gasteiger partial charge is 0.242 e. The van der Waals surface area contributed by atoms with Crippen molar-refractivity contribution in [3.8, 4) is 5.75 Å². The zero-order valence-electron chi connectivity index (χ0n) is 17.0. The average molecular weight is 393 g/mol. The minimum Gasteiger partial charge on any atom is -0.494 e. The molecule has 1 saturated heterocycles. The molecule has 2 aromatic carbocycles. The topological polar surface area (TPSA) is 80.2 Å². The largest absolute Gasteiger partial charge is 0.494 e. The predicted octanol–water partition coefficient (Wildman–Crippen LogP) is 3.08. The number of aryl methyl sites for hydroxylation is 2. The molecule has 0 spiro atoms. The van der Waals surface area contributed by atoms with Gasteiger partial charge in [0.1, 0.15) is 17.6 Å². The molecule has 1 aliphatic heterocycles. The van der Waals surface area contributed by atoms with E-state index < -0.39 is 0 Å². The molecular weight excluding hydrogens is 366 g/mol. The number of carbonyl (C=O) groups excluding carboxylic acids is 1. The molecule has 152 valence electrons. The molecule has 4 rings (SSSR count). The van der Waals surface area contributed by atoms with E-state index in [1.165, 1.54) is 0 Å². The second-order valence-corrected chi connectivity index (χ2v) is 7.23. The van der Waals surface area contributed by atoms with Crippen LogP contribution in [0.3, 0.4) is 0 Å². The van der Waals surface area contributed by atoms with E-state index in [0.717, 1.165) is 40.3 Å². The molecule has 1 fully saturated rings. The number of hydrazine groups is 1. The number of hydrogen-bond donors (Lipinski definition) is 3. The number of imidazole rings is 1. The van der Waals surface area contributed by atoms with Gasteiger partial charge < -0.3 is 14.6 Å². The lowest BCUT2D eigenvalue weighted by Gasteiger charge is -2.15. The molecule has 0 aliphatic carbocycles. The molecule has 7 nitrogen and oxygen atoms in total. The molecule has 3 N–H and O–H groups in total. The quantitative estimate of drug-likeness (QED) is 0.600. The number of benzene rings is 2. The van der Waals surface area contributed by atoms with Gasteiger partial charge in [0.05, 0.1) is 23.7 Å². The maximum Gasteiger partial charge on any atom is 0.242 e. The van der Waals surface area contributed by atoms with Gasteiger partial charge in [-0.3, -0.25) is 4.79 Å². The van der Waals surface area contributed by atoms with Crippen molar-refractivity contribution < 1.29 is 9.53 Å². The summed E-state index contributed by atoms with van der Waals surface area (Å²) in [7, 11) is 2.01. The summed E-state index contributed by atoms with van der Waals surface area (Å²) in [5.41, 5.74) is 10.1. The molecule has 7 heteroatoms. The Morgan fingerprint density at radius 2 is 2.07 bits per heavy atom. The van der Waals surface area contributed by atoms with Gasteiger partial charge in [-0.25, -0.2) is 15.8 Å². The summed E-state index contributed by atoms with van der Waals surface area (Å²) in [4.78, 5) is 17.4. The standard InChI is InChI=1S/C22H27N5O2/c1-4-21-24-17-12-14(10-11-19(17)27(21)3)23-22(28)18-13-16(25-26-18)15-8-6-7-9-20(15)29-5-2/h6-12,16,18,25-26H,4-5,13H2,1-3H3,(H,23,28). The lowest BCUT2D eigenvalue weighted by molar-refractivity contribution is -0.117. The zero-order chi connectivity index (χ0) is 20.4. The first-order chi connectivity index (χ1) is 14.1. The molecule has 2 atom stereocenters. The van der Waals surface area contributed by atoms with Crippen molar-refractivity contribution in [3.05, 3.63) is 53.9 Å². The summed E-state index contributed by atoms with van der Waals surface area (Å²) in [5.74, 6) is 1.81. The maximum atomic E-state index is 12.8. The molecule has 0 bridgehead atoms. The van der Waals surface area contributed by atoms with Crippen LogP contribution in [0.5, 0.6) is 5.75 Å². The molecule has 3 aromatic rings.